The summed E-state index contributed by atoms with van der Waals surface area (Å²) in [7, 11) is -4.06. The molecule has 2 aromatic carbocycles. The highest BCUT2D eigenvalue weighted by molar-refractivity contribution is 7.92. The van der Waals surface area contributed by atoms with Crippen molar-refractivity contribution in [2.45, 2.75) is 11.8 Å². The number of rotatable bonds is 4. The van der Waals surface area contributed by atoms with Crippen molar-refractivity contribution in [1.82, 2.24) is 0 Å². The Hall–Kier alpha value is -2.41. The monoisotopic (exact) mass is 309 g/mol. The van der Waals surface area contributed by atoms with Crippen molar-refractivity contribution in [3.05, 3.63) is 59.4 Å². The van der Waals surface area contributed by atoms with Crippen molar-refractivity contribution in [1.29, 1.82) is 0 Å². The summed E-state index contributed by atoms with van der Waals surface area (Å²) in [5.74, 6) is -1.94. The van der Waals surface area contributed by atoms with E-state index in [1.807, 2.05) is 0 Å². The van der Waals surface area contributed by atoms with Crippen molar-refractivity contribution < 1.29 is 22.7 Å². The highest BCUT2D eigenvalue weighted by Gasteiger charge is 2.19. The Morgan fingerprint density at radius 2 is 1.86 bits per heavy atom. The van der Waals surface area contributed by atoms with E-state index in [4.69, 9.17) is 5.11 Å². The molecule has 5 nitrogen and oxygen atoms in total. The van der Waals surface area contributed by atoms with Crippen LogP contribution in [0.4, 0.5) is 10.1 Å². The first-order valence-electron chi connectivity index (χ1n) is 5.92. The van der Waals surface area contributed by atoms with E-state index < -0.39 is 21.8 Å². The van der Waals surface area contributed by atoms with Crippen LogP contribution < -0.4 is 4.72 Å². The summed E-state index contributed by atoms with van der Waals surface area (Å²) in [5.41, 5.74) is 0.119. The van der Waals surface area contributed by atoms with E-state index >= 15 is 0 Å². The molecule has 0 fully saturated rings. The van der Waals surface area contributed by atoms with Crippen LogP contribution in [0.3, 0.4) is 0 Å². The number of hydrogen-bond acceptors (Lipinski definition) is 3. The van der Waals surface area contributed by atoms with Gasteiger partial charge in [0.05, 0.1) is 16.1 Å². The van der Waals surface area contributed by atoms with Gasteiger partial charge in [-0.15, -0.1) is 0 Å². The summed E-state index contributed by atoms with van der Waals surface area (Å²) in [6.45, 7) is 1.56. The van der Waals surface area contributed by atoms with Gasteiger partial charge in [-0.25, -0.2) is 17.6 Å². The van der Waals surface area contributed by atoms with Gasteiger partial charge in [0.25, 0.3) is 10.0 Å². The third-order valence-electron chi connectivity index (χ3n) is 2.87. The maximum absolute atomic E-state index is 13.5. The topological polar surface area (TPSA) is 83.5 Å². The minimum atomic E-state index is -4.06. The molecule has 0 radical (unpaired) electrons. The molecule has 0 aliphatic rings. The fraction of sp³-hybridized carbons (Fsp3) is 0.0714. The summed E-state index contributed by atoms with van der Waals surface area (Å²) in [6.07, 6.45) is 0. The number of halogens is 1. The van der Waals surface area contributed by atoms with E-state index in [1.165, 1.54) is 30.3 Å². The molecule has 0 unspecified atom stereocenters. The number of aromatic carboxylic acids is 1. The molecule has 0 spiro atoms. The van der Waals surface area contributed by atoms with Gasteiger partial charge in [-0.2, -0.15) is 0 Å². The van der Waals surface area contributed by atoms with Crippen molar-refractivity contribution in [3.63, 3.8) is 0 Å². The summed E-state index contributed by atoms with van der Waals surface area (Å²) in [5, 5.41) is 9.01. The molecule has 0 aromatic heterocycles. The number of carbonyl (C=O) groups is 1. The van der Waals surface area contributed by atoms with Gasteiger partial charge in [0.1, 0.15) is 5.82 Å². The highest BCUT2D eigenvalue weighted by atomic mass is 32.2. The normalized spacial score (nSPS) is 11.1. The molecule has 2 rings (SSSR count). The average molecular weight is 309 g/mol. The third-order valence-corrected chi connectivity index (χ3v) is 4.23. The van der Waals surface area contributed by atoms with Crippen LogP contribution in [0.2, 0.25) is 0 Å². The van der Waals surface area contributed by atoms with Gasteiger partial charge >= 0.3 is 5.97 Å². The maximum Gasteiger partial charge on any atom is 0.335 e. The first-order valence-corrected chi connectivity index (χ1v) is 7.41. The minimum Gasteiger partial charge on any atom is -0.478 e. The number of anilines is 1. The number of carboxylic acid groups (broad SMARTS) is 1. The predicted molar refractivity (Wildman–Crippen MR) is 75.3 cm³/mol. The van der Waals surface area contributed by atoms with Crippen LogP contribution in [-0.2, 0) is 10.0 Å². The van der Waals surface area contributed by atoms with Gasteiger partial charge in [0.2, 0.25) is 0 Å². The van der Waals surface area contributed by atoms with Crippen LogP contribution in [0.25, 0.3) is 0 Å². The highest BCUT2D eigenvalue weighted by Crippen LogP contribution is 2.21. The zero-order chi connectivity index (χ0) is 15.6. The fourth-order valence-electron chi connectivity index (χ4n) is 1.75. The van der Waals surface area contributed by atoms with Gasteiger partial charge < -0.3 is 5.11 Å². The zero-order valence-electron chi connectivity index (χ0n) is 11.0. The summed E-state index contributed by atoms with van der Waals surface area (Å²) >= 11 is 0. The van der Waals surface area contributed by atoms with E-state index in [-0.39, 0.29) is 16.1 Å². The Morgan fingerprint density at radius 1 is 1.19 bits per heavy atom. The average Bonchev–Trinajstić information content (AvgIpc) is 2.41. The SMILES string of the molecule is Cc1ccc(S(=O)(=O)Nc2ccccc2F)cc1C(=O)O. The third kappa shape index (κ3) is 3.19. The smallest absolute Gasteiger partial charge is 0.335 e. The van der Waals surface area contributed by atoms with Gasteiger partial charge in [0, 0.05) is 0 Å². The predicted octanol–water partition coefficient (Wildman–Crippen LogP) is 2.63. The zero-order valence-corrected chi connectivity index (χ0v) is 11.8. The molecule has 0 aliphatic heterocycles. The number of carboxylic acids is 1. The first-order chi connectivity index (χ1) is 9.81. The van der Waals surface area contributed by atoms with E-state index in [0.29, 0.717) is 5.56 Å². The summed E-state index contributed by atoms with van der Waals surface area (Å²) < 4.78 is 39.9. The van der Waals surface area contributed by atoms with Crippen LogP contribution >= 0.6 is 0 Å². The molecule has 0 saturated carbocycles. The number of para-hydroxylation sites is 1. The second-order valence-electron chi connectivity index (χ2n) is 4.37. The number of benzene rings is 2. The van der Waals surface area contributed by atoms with Gasteiger partial charge in [-0.05, 0) is 36.8 Å². The second-order valence-corrected chi connectivity index (χ2v) is 6.05. The van der Waals surface area contributed by atoms with Gasteiger partial charge in [-0.3, -0.25) is 4.72 Å². The van der Waals surface area contributed by atoms with Crippen LogP contribution in [0.1, 0.15) is 15.9 Å². The fourth-order valence-corrected chi connectivity index (χ4v) is 2.84. The minimum absolute atomic E-state index is 0.119. The van der Waals surface area contributed by atoms with Crippen LogP contribution in [0.5, 0.6) is 0 Å². The second kappa shape index (κ2) is 5.53. The Labute approximate surface area is 121 Å². The van der Waals surface area contributed by atoms with Gasteiger partial charge in [0.15, 0.2) is 0 Å². The molecule has 0 bridgehead atoms. The number of sulfonamides is 1. The van der Waals surface area contributed by atoms with Crippen molar-refractivity contribution in [2.75, 3.05) is 4.72 Å². The lowest BCUT2D eigenvalue weighted by atomic mass is 10.1. The molecule has 0 heterocycles. The van der Waals surface area contributed by atoms with Crippen LogP contribution in [-0.4, -0.2) is 19.5 Å². The molecular formula is C14H12FNO4S. The standard InChI is InChI=1S/C14H12FNO4S/c1-9-6-7-10(8-11(9)14(17)18)21(19,20)16-13-5-3-2-4-12(13)15/h2-8,16H,1H3,(H,17,18). The number of nitrogens with one attached hydrogen (secondary N) is 1. The quantitative estimate of drug-likeness (QED) is 0.909. The molecule has 0 saturated heterocycles. The molecule has 2 N–H and O–H groups in total. The molecule has 21 heavy (non-hydrogen) atoms. The Kier molecular flexibility index (Phi) is 3.95. The van der Waals surface area contributed by atoms with Gasteiger partial charge in [-0.1, -0.05) is 18.2 Å². The van der Waals surface area contributed by atoms with E-state index in [0.717, 1.165) is 12.1 Å². The van der Waals surface area contributed by atoms with Crippen molar-refractivity contribution in [3.8, 4) is 0 Å². The van der Waals surface area contributed by atoms with Crippen LogP contribution in [0, 0.1) is 12.7 Å². The molecule has 110 valence electrons. The number of aryl methyl sites for hydroxylation is 1. The molecule has 2 aromatic rings. The Balaban J connectivity index is 2.43. The van der Waals surface area contributed by atoms with E-state index in [1.54, 1.807) is 6.92 Å². The molecule has 0 amide bonds. The molecule has 0 aliphatic carbocycles. The molecular weight excluding hydrogens is 297 g/mol. The summed E-state index contributed by atoms with van der Waals surface area (Å²) in [6, 6.07) is 9.01. The Bertz CT molecular complexity index is 802. The first kappa shape index (κ1) is 15.0. The summed E-state index contributed by atoms with van der Waals surface area (Å²) in [4.78, 5) is 10.8. The molecule has 7 heteroatoms. The lowest BCUT2D eigenvalue weighted by Crippen LogP contribution is -2.15. The largest absolute Gasteiger partial charge is 0.478 e. The van der Waals surface area contributed by atoms with Crippen molar-refractivity contribution >= 4 is 21.7 Å². The maximum atomic E-state index is 13.5. The Morgan fingerprint density at radius 3 is 2.48 bits per heavy atom. The number of hydrogen-bond donors (Lipinski definition) is 2. The van der Waals surface area contributed by atoms with E-state index in [9.17, 15) is 17.6 Å². The van der Waals surface area contributed by atoms with E-state index in [2.05, 4.69) is 4.72 Å². The lowest BCUT2D eigenvalue weighted by Gasteiger charge is -2.10. The lowest BCUT2D eigenvalue weighted by molar-refractivity contribution is 0.0696. The van der Waals surface area contributed by atoms with Crippen LogP contribution in [0.15, 0.2) is 47.4 Å². The van der Waals surface area contributed by atoms with Crippen molar-refractivity contribution in [2.24, 2.45) is 0 Å². The molecule has 0 atom stereocenters.